The fourth-order valence-corrected chi connectivity index (χ4v) is 5.48. The molecule has 0 spiro atoms. The molecule has 0 unspecified atom stereocenters. The van der Waals surface area contributed by atoms with Gasteiger partial charge < -0.3 is 19.9 Å². The number of carbonyl (C=O) groups is 3. The molecule has 0 atom stereocenters. The van der Waals surface area contributed by atoms with Crippen molar-refractivity contribution in [3.63, 3.8) is 0 Å². The highest BCUT2D eigenvalue weighted by Crippen LogP contribution is 2.44. The van der Waals surface area contributed by atoms with E-state index >= 15 is 0 Å². The lowest BCUT2D eigenvalue weighted by Gasteiger charge is -2.21. The van der Waals surface area contributed by atoms with E-state index in [1.165, 1.54) is 0 Å². The lowest BCUT2D eigenvalue weighted by atomic mass is 9.98. The van der Waals surface area contributed by atoms with Crippen LogP contribution in [0.4, 0.5) is 9.80 Å². The molecule has 1 aliphatic carbocycles. The number of rotatable bonds is 8. The summed E-state index contributed by atoms with van der Waals surface area (Å²) in [5, 5.41) is 15.8. The molecular weight excluding hydrogens is 492 g/mol. The Labute approximate surface area is 219 Å². The number of amides is 1. The number of esters is 1. The number of hydrogen-bond donors (Lipinski definition) is 3. The minimum atomic E-state index is -1.26. The predicted octanol–water partition coefficient (Wildman–Crippen LogP) is 5.87. The van der Waals surface area contributed by atoms with Crippen LogP contribution in [0.15, 0.2) is 48.5 Å². The van der Waals surface area contributed by atoms with Crippen LogP contribution in [0.1, 0.15) is 70.3 Å². The van der Waals surface area contributed by atoms with Gasteiger partial charge in [0.1, 0.15) is 16.5 Å². The van der Waals surface area contributed by atoms with E-state index in [-0.39, 0.29) is 52.2 Å². The van der Waals surface area contributed by atoms with Crippen molar-refractivity contribution in [2.45, 2.75) is 45.7 Å². The first-order valence-corrected chi connectivity index (χ1v) is 12.9. The van der Waals surface area contributed by atoms with Crippen molar-refractivity contribution in [2.24, 2.45) is 0 Å². The number of anilines is 1. The number of carbonyl (C=O) groups excluding carboxylic acids is 2. The van der Waals surface area contributed by atoms with Gasteiger partial charge in [0.05, 0.1) is 12.2 Å². The smallest absolute Gasteiger partial charge is 0.412 e. The molecule has 0 bridgehead atoms. The zero-order chi connectivity index (χ0) is 26.7. The average molecular weight is 523 g/mol. The van der Waals surface area contributed by atoms with E-state index in [0.717, 1.165) is 33.6 Å². The lowest BCUT2D eigenvalue weighted by molar-refractivity contribution is 0.0530. The fraction of sp³-hybridized carbons (Fsp3) is 0.321. The zero-order valence-electron chi connectivity index (χ0n) is 21.2. The Kier molecular flexibility index (Phi) is 7.65. The number of carboxylic acid groups (broad SMARTS) is 1. The van der Waals surface area contributed by atoms with Crippen molar-refractivity contribution < 1.29 is 29.0 Å². The molecule has 3 aromatic rings. The van der Waals surface area contributed by atoms with E-state index in [1.807, 2.05) is 69.3 Å². The molecule has 0 saturated heterocycles. The van der Waals surface area contributed by atoms with E-state index < -0.39 is 18.0 Å². The first kappa shape index (κ1) is 26.4. The summed E-state index contributed by atoms with van der Waals surface area (Å²) < 4.78 is 10.7. The molecule has 0 radical (unpaired) electrons. The second kappa shape index (κ2) is 10.7. The number of nitrogens with one attached hydrogen (secondary N) is 2. The fourth-order valence-electron chi connectivity index (χ4n) is 4.39. The van der Waals surface area contributed by atoms with Gasteiger partial charge in [0.25, 0.3) is 0 Å². The Morgan fingerprint density at radius 3 is 2.11 bits per heavy atom. The van der Waals surface area contributed by atoms with Crippen LogP contribution in [0.2, 0.25) is 0 Å². The maximum Gasteiger partial charge on any atom is 0.412 e. The van der Waals surface area contributed by atoms with Crippen molar-refractivity contribution in [3.05, 3.63) is 75.7 Å². The van der Waals surface area contributed by atoms with Gasteiger partial charge in [-0.1, -0.05) is 48.5 Å². The zero-order valence-corrected chi connectivity index (χ0v) is 22.0. The maximum absolute atomic E-state index is 12.8. The van der Waals surface area contributed by atoms with Crippen molar-refractivity contribution in [1.82, 2.24) is 5.32 Å². The van der Waals surface area contributed by atoms with Crippen LogP contribution in [-0.4, -0.2) is 41.9 Å². The molecule has 0 saturated carbocycles. The first-order valence-electron chi connectivity index (χ1n) is 12.0. The van der Waals surface area contributed by atoms with Gasteiger partial charge in [-0.05, 0) is 49.9 Å². The van der Waals surface area contributed by atoms with E-state index in [2.05, 4.69) is 10.6 Å². The van der Waals surface area contributed by atoms with Crippen molar-refractivity contribution in [2.75, 3.05) is 18.5 Å². The van der Waals surface area contributed by atoms with E-state index in [9.17, 15) is 19.5 Å². The summed E-state index contributed by atoms with van der Waals surface area (Å²) in [6.45, 7) is 7.80. The molecule has 1 amide bonds. The van der Waals surface area contributed by atoms with Gasteiger partial charge in [-0.2, -0.15) is 0 Å². The standard InChI is InChI=1S/C28H30N2O6S/c1-5-35-26(33)23-20(14-29-28(2,3)4)22(25(31)32)24(37-23)30-27(34)36-15-21-18-12-8-6-10-16(18)17-11-7-9-13-19(17)21/h6-13,21,29H,5,14-15H2,1-4H3,(H,30,34)(H,31,32). The summed E-state index contributed by atoms with van der Waals surface area (Å²) >= 11 is 0.869. The van der Waals surface area contributed by atoms with Crippen LogP contribution in [0.25, 0.3) is 11.1 Å². The van der Waals surface area contributed by atoms with Crippen LogP contribution in [-0.2, 0) is 16.0 Å². The second-order valence-electron chi connectivity index (χ2n) is 9.69. The quantitative estimate of drug-likeness (QED) is 0.317. The van der Waals surface area contributed by atoms with Gasteiger partial charge in [0.2, 0.25) is 0 Å². The van der Waals surface area contributed by atoms with Crippen LogP contribution in [0.3, 0.4) is 0 Å². The minimum Gasteiger partial charge on any atom is -0.478 e. The molecule has 1 aliphatic rings. The third kappa shape index (κ3) is 5.68. The molecule has 194 valence electrons. The number of benzene rings is 2. The van der Waals surface area contributed by atoms with Gasteiger partial charge in [-0.25, -0.2) is 14.4 Å². The average Bonchev–Trinajstić information content (AvgIpc) is 3.37. The summed E-state index contributed by atoms with van der Waals surface area (Å²) in [7, 11) is 0. The Balaban J connectivity index is 1.57. The van der Waals surface area contributed by atoms with Gasteiger partial charge in [-0.15, -0.1) is 11.3 Å². The van der Waals surface area contributed by atoms with Gasteiger partial charge >= 0.3 is 18.0 Å². The first-order chi connectivity index (χ1) is 17.6. The number of ether oxygens (including phenoxy) is 2. The van der Waals surface area contributed by atoms with Crippen LogP contribution < -0.4 is 10.6 Å². The molecule has 8 nitrogen and oxygen atoms in total. The van der Waals surface area contributed by atoms with Crippen LogP contribution in [0.5, 0.6) is 0 Å². The van der Waals surface area contributed by atoms with E-state index in [1.54, 1.807) is 6.92 Å². The number of hydrogen-bond acceptors (Lipinski definition) is 7. The normalized spacial score (nSPS) is 12.5. The molecule has 0 fully saturated rings. The van der Waals surface area contributed by atoms with E-state index in [4.69, 9.17) is 9.47 Å². The number of aromatic carboxylic acids is 1. The highest BCUT2D eigenvalue weighted by atomic mass is 32.1. The summed E-state index contributed by atoms with van der Waals surface area (Å²) in [5.74, 6) is -2.03. The monoisotopic (exact) mass is 522 g/mol. The predicted molar refractivity (Wildman–Crippen MR) is 143 cm³/mol. The highest BCUT2D eigenvalue weighted by molar-refractivity contribution is 7.18. The Bertz CT molecular complexity index is 1300. The molecule has 3 N–H and O–H groups in total. The topological polar surface area (TPSA) is 114 Å². The lowest BCUT2D eigenvalue weighted by Crippen LogP contribution is -2.35. The minimum absolute atomic E-state index is 0.0264. The molecule has 0 aliphatic heterocycles. The molecule has 2 aromatic carbocycles. The number of thiophene rings is 1. The second-order valence-corrected chi connectivity index (χ2v) is 10.7. The molecular formula is C28H30N2O6S. The Hall–Kier alpha value is -3.69. The summed E-state index contributed by atoms with van der Waals surface area (Å²) in [5.41, 5.74) is 4.13. The molecule has 9 heteroatoms. The third-order valence-electron chi connectivity index (χ3n) is 6.04. The summed E-state index contributed by atoms with van der Waals surface area (Å²) in [4.78, 5) is 37.8. The van der Waals surface area contributed by atoms with Crippen LogP contribution >= 0.6 is 11.3 Å². The van der Waals surface area contributed by atoms with Crippen molar-refractivity contribution >= 4 is 34.4 Å². The Morgan fingerprint density at radius 1 is 0.973 bits per heavy atom. The largest absolute Gasteiger partial charge is 0.478 e. The van der Waals surface area contributed by atoms with Crippen molar-refractivity contribution in [3.8, 4) is 11.1 Å². The highest BCUT2D eigenvalue weighted by Gasteiger charge is 2.31. The molecule has 1 aromatic heterocycles. The molecule has 1 heterocycles. The third-order valence-corrected chi connectivity index (χ3v) is 7.16. The Morgan fingerprint density at radius 2 is 1.57 bits per heavy atom. The molecule has 37 heavy (non-hydrogen) atoms. The summed E-state index contributed by atoms with van der Waals surface area (Å²) in [6, 6.07) is 16.0. The maximum atomic E-state index is 12.8. The number of fused-ring (bicyclic) bond motifs is 3. The van der Waals surface area contributed by atoms with Gasteiger partial charge in [0.15, 0.2) is 0 Å². The van der Waals surface area contributed by atoms with Gasteiger partial charge in [-0.3, -0.25) is 5.32 Å². The molecule has 4 rings (SSSR count). The van der Waals surface area contributed by atoms with Gasteiger partial charge in [0, 0.05) is 23.6 Å². The summed E-state index contributed by atoms with van der Waals surface area (Å²) in [6.07, 6.45) is -0.795. The number of carboxylic acids is 1. The van der Waals surface area contributed by atoms with E-state index in [0.29, 0.717) is 0 Å². The van der Waals surface area contributed by atoms with Crippen LogP contribution in [0, 0.1) is 0 Å². The SMILES string of the molecule is CCOC(=O)c1sc(NC(=O)OCC2c3ccccc3-c3ccccc32)c(C(=O)O)c1CNC(C)(C)C. The van der Waals surface area contributed by atoms with Crippen molar-refractivity contribution in [1.29, 1.82) is 0 Å².